The van der Waals surface area contributed by atoms with E-state index in [2.05, 4.69) is 4.98 Å². The van der Waals surface area contributed by atoms with Crippen molar-refractivity contribution in [2.24, 2.45) is 0 Å². The lowest BCUT2D eigenvalue weighted by atomic mass is 10.1. The van der Waals surface area contributed by atoms with Crippen LogP contribution in [0.3, 0.4) is 0 Å². The van der Waals surface area contributed by atoms with Crippen LogP contribution in [-0.4, -0.2) is 37.9 Å². The van der Waals surface area contributed by atoms with Crippen molar-refractivity contribution in [2.45, 2.75) is 25.6 Å². The highest BCUT2D eigenvalue weighted by Gasteiger charge is 2.21. The lowest BCUT2D eigenvalue weighted by Gasteiger charge is -2.16. The van der Waals surface area contributed by atoms with E-state index in [0.29, 0.717) is 5.56 Å². The van der Waals surface area contributed by atoms with Crippen LogP contribution in [-0.2, 0) is 0 Å². The molecule has 1 aromatic heterocycles. The number of nitro groups is 1. The standard InChI is InChI=1S/C10H14N2O5/c1-6-4-7(10(15)9(14)2-3-13)11-5-8(6)12(16)17/h4-5,9-10,13-15H,2-3H2,1H3. The van der Waals surface area contributed by atoms with E-state index in [1.807, 2.05) is 0 Å². The Morgan fingerprint density at radius 3 is 2.65 bits per heavy atom. The largest absolute Gasteiger partial charge is 0.396 e. The van der Waals surface area contributed by atoms with Gasteiger partial charge in [0.1, 0.15) is 12.3 Å². The summed E-state index contributed by atoms with van der Waals surface area (Å²) in [5.74, 6) is 0. The third kappa shape index (κ3) is 3.19. The molecule has 1 rings (SSSR count). The van der Waals surface area contributed by atoms with Crippen molar-refractivity contribution >= 4 is 5.69 Å². The maximum atomic E-state index is 10.6. The van der Waals surface area contributed by atoms with Gasteiger partial charge in [-0.05, 0) is 19.4 Å². The molecule has 1 heterocycles. The maximum Gasteiger partial charge on any atom is 0.290 e. The number of hydrogen-bond acceptors (Lipinski definition) is 6. The second-order valence-corrected chi connectivity index (χ2v) is 3.68. The maximum absolute atomic E-state index is 10.6. The molecule has 0 saturated carbocycles. The van der Waals surface area contributed by atoms with Gasteiger partial charge in [-0.15, -0.1) is 0 Å². The minimum atomic E-state index is -1.26. The number of aryl methyl sites for hydroxylation is 1. The van der Waals surface area contributed by atoms with Crippen molar-refractivity contribution in [2.75, 3.05) is 6.61 Å². The minimum absolute atomic E-state index is 0.0128. The van der Waals surface area contributed by atoms with Gasteiger partial charge in [-0.3, -0.25) is 15.1 Å². The van der Waals surface area contributed by atoms with Gasteiger partial charge >= 0.3 is 0 Å². The van der Waals surface area contributed by atoms with Gasteiger partial charge in [0.05, 0.1) is 16.7 Å². The van der Waals surface area contributed by atoms with E-state index in [1.165, 1.54) is 13.0 Å². The first-order chi connectivity index (χ1) is 7.97. The predicted octanol–water partition coefficient (Wildman–Crippen LogP) is 0.0749. The minimum Gasteiger partial charge on any atom is -0.396 e. The lowest BCUT2D eigenvalue weighted by Crippen LogP contribution is -2.20. The molecule has 0 aliphatic carbocycles. The highest BCUT2D eigenvalue weighted by molar-refractivity contribution is 5.38. The Labute approximate surface area is 97.5 Å². The molecule has 0 amide bonds. The summed E-state index contributed by atoms with van der Waals surface area (Å²) in [6, 6.07) is 1.35. The first-order valence-corrected chi connectivity index (χ1v) is 5.05. The zero-order chi connectivity index (χ0) is 13.0. The highest BCUT2D eigenvalue weighted by Crippen LogP contribution is 2.22. The molecule has 0 aliphatic heterocycles. The number of aromatic nitrogens is 1. The Balaban J connectivity index is 2.93. The fourth-order valence-electron chi connectivity index (χ4n) is 1.41. The molecule has 17 heavy (non-hydrogen) atoms. The normalized spacial score (nSPS) is 14.4. The van der Waals surface area contributed by atoms with Crippen molar-refractivity contribution in [1.29, 1.82) is 0 Å². The van der Waals surface area contributed by atoms with Gasteiger partial charge < -0.3 is 15.3 Å². The van der Waals surface area contributed by atoms with E-state index in [9.17, 15) is 20.3 Å². The van der Waals surface area contributed by atoms with Crippen LogP contribution in [0.15, 0.2) is 12.3 Å². The number of nitrogens with zero attached hydrogens (tertiary/aromatic N) is 2. The fourth-order valence-corrected chi connectivity index (χ4v) is 1.41. The highest BCUT2D eigenvalue weighted by atomic mass is 16.6. The summed E-state index contributed by atoms with van der Waals surface area (Å²) in [6.45, 7) is 1.26. The van der Waals surface area contributed by atoms with Gasteiger partial charge in [-0.25, -0.2) is 0 Å². The third-order valence-electron chi connectivity index (χ3n) is 2.39. The van der Waals surface area contributed by atoms with Crippen LogP contribution in [0, 0.1) is 17.0 Å². The predicted molar refractivity (Wildman–Crippen MR) is 58.3 cm³/mol. The van der Waals surface area contributed by atoms with Gasteiger partial charge in [0.25, 0.3) is 5.69 Å². The average Bonchev–Trinajstić information content (AvgIpc) is 2.27. The first-order valence-electron chi connectivity index (χ1n) is 5.05. The lowest BCUT2D eigenvalue weighted by molar-refractivity contribution is -0.385. The topological polar surface area (TPSA) is 117 Å². The molecule has 0 aromatic carbocycles. The molecule has 0 radical (unpaired) electrons. The van der Waals surface area contributed by atoms with Crippen LogP contribution >= 0.6 is 0 Å². The third-order valence-corrected chi connectivity index (χ3v) is 2.39. The van der Waals surface area contributed by atoms with E-state index in [1.54, 1.807) is 0 Å². The summed E-state index contributed by atoms with van der Waals surface area (Å²) < 4.78 is 0. The number of aliphatic hydroxyl groups excluding tert-OH is 3. The molecule has 2 atom stereocenters. The molecule has 1 aromatic rings. The van der Waals surface area contributed by atoms with Gasteiger partial charge in [0, 0.05) is 12.2 Å². The van der Waals surface area contributed by atoms with Gasteiger partial charge in [0.2, 0.25) is 0 Å². The summed E-state index contributed by atoms with van der Waals surface area (Å²) in [7, 11) is 0. The Kier molecular flexibility index (Phi) is 4.50. The van der Waals surface area contributed by atoms with Gasteiger partial charge in [-0.2, -0.15) is 0 Å². The Bertz CT molecular complexity index is 410. The zero-order valence-electron chi connectivity index (χ0n) is 9.28. The Morgan fingerprint density at radius 1 is 1.53 bits per heavy atom. The summed E-state index contributed by atoms with van der Waals surface area (Å²) in [5.41, 5.74) is 0.363. The van der Waals surface area contributed by atoms with E-state index in [-0.39, 0.29) is 24.4 Å². The Hall–Kier alpha value is -1.57. The average molecular weight is 242 g/mol. The van der Waals surface area contributed by atoms with E-state index in [0.717, 1.165) is 6.20 Å². The molecule has 0 saturated heterocycles. The van der Waals surface area contributed by atoms with E-state index in [4.69, 9.17) is 5.11 Å². The smallest absolute Gasteiger partial charge is 0.290 e. The first kappa shape index (κ1) is 13.5. The summed E-state index contributed by atoms with van der Waals surface area (Å²) in [5, 5.41) is 38.3. The molecular weight excluding hydrogens is 228 g/mol. The van der Waals surface area contributed by atoms with E-state index < -0.39 is 17.1 Å². The summed E-state index contributed by atoms with van der Waals surface area (Å²) in [4.78, 5) is 13.7. The molecule has 0 fully saturated rings. The molecule has 0 bridgehead atoms. The van der Waals surface area contributed by atoms with Crippen LogP contribution in [0.1, 0.15) is 23.8 Å². The summed E-state index contributed by atoms with van der Waals surface area (Å²) >= 11 is 0. The molecule has 94 valence electrons. The SMILES string of the molecule is Cc1cc(C(O)C(O)CCO)ncc1[N+](=O)[O-]. The summed E-state index contributed by atoms with van der Waals surface area (Å²) in [6.07, 6.45) is -1.35. The van der Waals surface area contributed by atoms with Gasteiger partial charge in [-0.1, -0.05) is 0 Å². The second-order valence-electron chi connectivity index (χ2n) is 3.68. The molecule has 0 spiro atoms. The molecular formula is C10H14N2O5. The van der Waals surface area contributed by atoms with Crippen molar-refractivity contribution in [3.05, 3.63) is 33.6 Å². The van der Waals surface area contributed by atoms with Crippen LogP contribution in [0.4, 0.5) is 5.69 Å². The van der Waals surface area contributed by atoms with Crippen LogP contribution in [0.5, 0.6) is 0 Å². The molecule has 3 N–H and O–H groups in total. The number of hydrogen-bond donors (Lipinski definition) is 3. The van der Waals surface area contributed by atoms with Crippen molar-refractivity contribution in [3.63, 3.8) is 0 Å². The number of pyridine rings is 1. The van der Waals surface area contributed by atoms with Crippen molar-refractivity contribution in [1.82, 2.24) is 4.98 Å². The molecule has 7 nitrogen and oxygen atoms in total. The van der Waals surface area contributed by atoms with Crippen LogP contribution < -0.4 is 0 Å². The van der Waals surface area contributed by atoms with Crippen molar-refractivity contribution in [3.8, 4) is 0 Å². The van der Waals surface area contributed by atoms with Gasteiger partial charge in [0.15, 0.2) is 0 Å². The number of aliphatic hydroxyl groups is 3. The second kappa shape index (κ2) is 5.67. The number of rotatable bonds is 5. The quantitative estimate of drug-likeness (QED) is 0.497. The van der Waals surface area contributed by atoms with Crippen LogP contribution in [0.25, 0.3) is 0 Å². The Morgan fingerprint density at radius 2 is 2.18 bits per heavy atom. The molecule has 7 heteroatoms. The van der Waals surface area contributed by atoms with E-state index >= 15 is 0 Å². The molecule has 2 unspecified atom stereocenters. The monoisotopic (exact) mass is 242 g/mol. The molecule has 0 aliphatic rings. The fraction of sp³-hybridized carbons (Fsp3) is 0.500. The van der Waals surface area contributed by atoms with Crippen LogP contribution in [0.2, 0.25) is 0 Å². The zero-order valence-corrected chi connectivity index (χ0v) is 9.28. The van der Waals surface area contributed by atoms with Crippen molar-refractivity contribution < 1.29 is 20.2 Å².